The molecule has 7 heteroatoms. The quantitative estimate of drug-likeness (QED) is 0.513. The molecular weight excluding hydrogens is 428 g/mol. The predicted molar refractivity (Wildman–Crippen MR) is 130 cm³/mol. The van der Waals surface area contributed by atoms with Crippen molar-refractivity contribution < 1.29 is 14.6 Å². The van der Waals surface area contributed by atoms with Gasteiger partial charge in [-0.1, -0.05) is 11.8 Å². The topological polar surface area (TPSA) is 88.4 Å². The van der Waals surface area contributed by atoms with Gasteiger partial charge in [-0.25, -0.2) is 9.97 Å². The number of nitrogens with zero attached hydrogens (tertiary/aromatic N) is 4. The number of carbonyl (C=O) groups is 1. The van der Waals surface area contributed by atoms with Crippen LogP contribution in [0.2, 0.25) is 0 Å². The van der Waals surface area contributed by atoms with Crippen LogP contribution in [-0.2, 0) is 11.2 Å². The molecule has 0 aliphatic carbocycles. The van der Waals surface area contributed by atoms with Crippen LogP contribution in [0.1, 0.15) is 36.8 Å². The fraction of sp³-hybridized carbons (Fsp3) is 0.407. The van der Waals surface area contributed by atoms with Gasteiger partial charge in [-0.15, -0.1) is 0 Å². The number of rotatable bonds is 8. The molecule has 0 unspecified atom stereocenters. The highest BCUT2D eigenvalue weighted by atomic mass is 16.5. The Labute approximate surface area is 200 Å². The number of hydrogen-bond acceptors (Lipinski definition) is 6. The van der Waals surface area contributed by atoms with E-state index in [2.05, 4.69) is 37.8 Å². The number of pyridine rings is 1. The van der Waals surface area contributed by atoms with Crippen molar-refractivity contribution in [1.29, 1.82) is 0 Å². The second kappa shape index (κ2) is 11.6. The molecule has 7 nitrogen and oxygen atoms in total. The Balaban J connectivity index is 1.35. The van der Waals surface area contributed by atoms with E-state index in [1.165, 1.54) is 11.9 Å². The van der Waals surface area contributed by atoms with E-state index in [4.69, 9.17) is 4.74 Å². The van der Waals surface area contributed by atoms with Crippen molar-refractivity contribution in [2.24, 2.45) is 11.8 Å². The van der Waals surface area contributed by atoms with Crippen LogP contribution in [0.5, 0.6) is 5.75 Å². The number of ether oxygens (including phenoxy) is 1. The molecule has 1 aromatic carbocycles. The first-order valence-corrected chi connectivity index (χ1v) is 11.7. The Bertz CT molecular complexity index is 1170. The lowest BCUT2D eigenvalue weighted by molar-refractivity contribution is -0.139. The van der Waals surface area contributed by atoms with Gasteiger partial charge in [-0.3, -0.25) is 14.7 Å². The molecule has 1 fully saturated rings. The minimum atomic E-state index is -0.725. The summed E-state index contributed by atoms with van der Waals surface area (Å²) in [6.07, 6.45) is 10.9. The van der Waals surface area contributed by atoms with E-state index in [1.807, 2.05) is 24.4 Å². The van der Waals surface area contributed by atoms with E-state index < -0.39 is 5.97 Å². The summed E-state index contributed by atoms with van der Waals surface area (Å²) in [5.74, 6) is 6.93. The Morgan fingerprint density at radius 1 is 1.24 bits per heavy atom. The van der Waals surface area contributed by atoms with Crippen molar-refractivity contribution in [3.63, 3.8) is 0 Å². The Morgan fingerprint density at radius 3 is 2.88 bits per heavy atom. The van der Waals surface area contributed by atoms with Gasteiger partial charge in [0.2, 0.25) is 0 Å². The Hall–Kier alpha value is -3.50. The maximum atomic E-state index is 11.5. The highest BCUT2D eigenvalue weighted by Crippen LogP contribution is 2.31. The first kappa shape index (κ1) is 23.7. The molecule has 3 heterocycles. The number of benzene rings is 1. The fourth-order valence-corrected chi connectivity index (χ4v) is 4.83. The zero-order chi connectivity index (χ0) is 23.8. The number of fused-ring (bicyclic) bond motifs is 1. The molecule has 2 aromatic heterocycles. The average molecular weight is 459 g/mol. The number of aryl methyl sites for hydroxylation is 1. The number of carboxylic acid groups (broad SMARTS) is 1. The molecule has 176 valence electrons. The van der Waals surface area contributed by atoms with Crippen molar-refractivity contribution in [2.45, 2.75) is 32.1 Å². The van der Waals surface area contributed by atoms with Crippen molar-refractivity contribution in [1.82, 2.24) is 19.9 Å². The lowest BCUT2D eigenvalue weighted by atomic mass is 9.80. The van der Waals surface area contributed by atoms with Crippen LogP contribution in [0, 0.1) is 23.7 Å². The maximum Gasteiger partial charge on any atom is 0.303 e. The number of aromatic nitrogens is 3. The van der Waals surface area contributed by atoms with Gasteiger partial charge in [0, 0.05) is 36.9 Å². The van der Waals surface area contributed by atoms with Crippen LogP contribution < -0.4 is 4.74 Å². The predicted octanol–water partition coefficient (Wildman–Crippen LogP) is 3.82. The number of methoxy groups -OCH3 is 1. The van der Waals surface area contributed by atoms with Crippen molar-refractivity contribution in [3.8, 4) is 17.6 Å². The van der Waals surface area contributed by atoms with E-state index in [9.17, 15) is 9.90 Å². The molecule has 1 aliphatic heterocycles. The van der Waals surface area contributed by atoms with Crippen molar-refractivity contribution in [2.75, 3.05) is 26.7 Å². The monoisotopic (exact) mass is 458 g/mol. The van der Waals surface area contributed by atoms with Gasteiger partial charge >= 0.3 is 5.97 Å². The summed E-state index contributed by atoms with van der Waals surface area (Å²) in [6, 6.07) is 8.05. The van der Waals surface area contributed by atoms with Gasteiger partial charge in [0.15, 0.2) is 0 Å². The number of piperidine rings is 1. The van der Waals surface area contributed by atoms with Crippen LogP contribution >= 0.6 is 0 Å². The molecule has 3 aromatic rings. The molecule has 0 spiro atoms. The second-order valence-electron chi connectivity index (χ2n) is 8.82. The fourth-order valence-electron chi connectivity index (χ4n) is 4.83. The molecule has 1 N–H and O–H groups in total. The molecule has 1 saturated heterocycles. The van der Waals surface area contributed by atoms with Crippen molar-refractivity contribution in [3.05, 3.63) is 60.3 Å². The largest absolute Gasteiger partial charge is 0.497 e. The van der Waals surface area contributed by atoms with E-state index >= 15 is 0 Å². The van der Waals surface area contributed by atoms with Crippen LogP contribution in [-0.4, -0.2) is 57.7 Å². The second-order valence-corrected chi connectivity index (χ2v) is 8.82. The van der Waals surface area contributed by atoms with Crippen LogP contribution in [0.15, 0.2) is 49.2 Å². The third kappa shape index (κ3) is 6.30. The molecule has 2 atom stereocenters. The number of carboxylic acids is 1. The molecule has 0 amide bonds. The smallest absolute Gasteiger partial charge is 0.303 e. The van der Waals surface area contributed by atoms with E-state index in [0.717, 1.165) is 61.0 Å². The van der Waals surface area contributed by atoms with Gasteiger partial charge in [0.25, 0.3) is 0 Å². The van der Waals surface area contributed by atoms with E-state index in [-0.39, 0.29) is 12.3 Å². The first-order chi connectivity index (χ1) is 16.6. The van der Waals surface area contributed by atoms with Gasteiger partial charge in [0.05, 0.1) is 24.7 Å². The molecule has 0 bridgehead atoms. The lowest BCUT2D eigenvalue weighted by Gasteiger charge is -2.37. The van der Waals surface area contributed by atoms with Crippen LogP contribution in [0.3, 0.4) is 0 Å². The van der Waals surface area contributed by atoms with E-state index in [1.54, 1.807) is 19.5 Å². The van der Waals surface area contributed by atoms with Gasteiger partial charge in [-0.05, 0) is 73.9 Å². The molecule has 1 aliphatic rings. The van der Waals surface area contributed by atoms with Gasteiger partial charge < -0.3 is 9.84 Å². The number of hydrogen-bond donors (Lipinski definition) is 1. The highest BCUT2D eigenvalue weighted by molar-refractivity contribution is 5.83. The summed E-state index contributed by atoms with van der Waals surface area (Å²) in [5.41, 5.74) is 3.02. The normalized spacial score (nSPS) is 18.3. The Morgan fingerprint density at radius 2 is 2.09 bits per heavy atom. The minimum Gasteiger partial charge on any atom is -0.497 e. The maximum absolute atomic E-state index is 11.5. The lowest BCUT2D eigenvalue weighted by Crippen LogP contribution is -2.41. The first-order valence-electron chi connectivity index (χ1n) is 11.7. The summed E-state index contributed by atoms with van der Waals surface area (Å²) in [6.45, 7) is 2.34. The molecular formula is C27H30N4O3. The van der Waals surface area contributed by atoms with Crippen LogP contribution in [0.25, 0.3) is 10.9 Å². The molecule has 34 heavy (non-hydrogen) atoms. The number of likely N-dealkylation sites (tertiary alicyclic amines) is 1. The zero-order valence-electron chi connectivity index (χ0n) is 19.5. The SMILES string of the molecule is COc1ccc2nccc(CCC[C@@H]3CCN(CC#Cc4cncnc4)C[C@@H]3CC(=O)O)c2c1. The third-order valence-electron chi connectivity index (χ3n) is 6.57. The van der Waals surface area contributed by atoms with Crippen LogP contribution in [0.4, 0.5) is 0 Å². The minimum absolute atomic E-state index is 0.141. The highest BCUT2D eigenvalue weighted by Gasteiger charge is 2.30. The Kier molecular flexibility index (Phi) is 8.05. The van der Waals surface area contributed by atoms with Crippen molar-refractivity contribution >= 4 is 16.9 Å². The molecule has 4 rings (SSSR count). The van der Waals surface area contributed by atoms with Gasteiger partial charge in [0.1, 0.15) is 12.1 Å². The average Bonchev–Trinajstić information content (AvgIpc) is 2.85. The summed E-state index contributed by atoms with van der Waals surface area (Å²) in [4.78, 5) is 26.2. The summed E-state index contributed by atoms with van der Waals surface area (Å²) < 4.78 is 5.39. The third-order valence-corrected chi connectivity index (χ3v) is 6.57. The summed E-state index contributed by atoms with van der Waals surface area (Å²) in [7, 11) is 1.67. The number of aliphatic carboxylic acids is 1. The summed E-state index contributed by atoms with van der Waals surface area (Å²) in [5, 5.41) is 10.6. The van der Waals surface area contributed by atoms with E-state index in [0.29, 0.717) is 12.5 Å². The standard InChI is InChI=1S/C27H30N4O3/c1-34-24-7-8-26-25(15-24)22(9-11-30-26)6-2-5-21-10-13-31(18-23(21)14-27(32)33)12-3-4-20-16-28-19-29-17-20/h7-9,11,15-17,19,21,23H,2,5-6,10,12-14,18H2,1H3,(H,32,33)/t21-,23+/m1/s1. The zero-order valence-corrected chi connectivity index (χ0v) is 19.5. The molecule has 0 saturated carbocycles. The summed E-state index contributed by atoms with van der Waals surface area (Å²) >= 11 is 0. The molecule has 0 radical (unpaired) electrons. The van der Waals surface area contributed by atoms with Gasteiger partial charge in [-0.2, -0.15) is 0 Å².